The summed E-state index contributed by atoms with van der Waals surface area (Å²) in [6, 6.07) is 3.51. The normalized spacial score (nSPS) is 19.5. The van der Waals surface area contributed by atoms with Crippen LogP contribution in [0.25, 0.3) is 0 Å². The molecule has 0 aromatic heterocycles. The topological polar surface area (TPSA) is 128 Å². The van der Waals surface area contributed by atoms with Gasteiger partial charge in [0.15, 0.2) is 6.61 Å². The van der Waals surface area contributed by atoms with Crippen LogP contribution in [0.1, 0.15) is 19.3 Å². The Labute approximate surface area is 137 Å². The third-order valence-corrected chi connectivity index (χ3v) is 3.90. The first-order valence-corrected chi connectivity index (χ1v) is 7.39. The molecule has 1 fully saturated rings. The summed E-state index contributed by atoms with van der Waals surface area (Å²) in [5.74, 6) is -1.66. The molecule has 0 saturated heterocycles. The lowest BCUT2D eigenvalue weighted by molar-refractivity contribution is -0.385. The smallest absolute Gasteiger partial charge is 0.311 e. The van der Waals surface area contributed by atoms with E-state index in [2.05, 4.69) is 5.32 Å². The van der Waals surface area contributed by atoms with Crippen molar-refractivity contribution in [2.45, 2.75) is 25.3 Å². The second-order valence-electron chi connectivity index (χ2n) is 5.43. The van der Waals surface area contributed by atoms with Crippen LogP contribution in [0.15, 0.2) is 18.2 Å². The van der Waals surface area contributed by atoms with Crippen LogP contribution < -0.4 is 14.8 Å². The predicted octanol–water partition coefficient (Wildman–Crippen LogP) is 1.35. The van der Waals surface area contributed by atoms with Gasteiger partial charge in [0.05, 0.1) is 18.0 Å². The van der Waals surface area contributed by atoms with E-state index in [-0.39, 0.29) is 23.8 Å². The van der Waals surface area contributed by atoms with Crippen molar-refractivity contribution in [3.63, 3.8) is 0 Å². The monoisotopic (exact) mass is 338 g/mol. The second-order valence-corrected chi connectivity index (χ2v) is 5.43. The van der Waals surface area contributed by atoms with Crippen LogP contribution in [0.3, 0.4) is 0 Å². The van der Waals surface area contributed by atoms with Gasteiger partial charge in [0.2, 0.25) is 5.75 Å². The molecule has 9 nitrogen and oxygen atoms in total. The molecular formula is C15H18N2O7. The molecule has 2 rings (SSSR count). The minimum absolute atomic E-state index is 0.0274. The first kappa shape index (κ1) is 17.5. The number of nitro groups is 1. The number of hydrogen-bond donors (Lipinski definition) is 2. The minimum atomic E-state index is -0.918. The van der Waals surface area contributed by atoms with Gasteiger partial charge in [-0.2, -0.15) is 0 Å². The second kappa shape index (κ2) is 7.62. The van der Waals surface area contributed by atoms with Gasteiger partial charge in [-0.3, -0.25) is 19.7 Å². The molecule has 1 saturated carbocycles. The molecule has 130 valence electrons. The molecule has 1 amide bonds. The van der Waals surface area contributed by atoms with Gasteiger partial charge < -0.3 is 19.9 Å². The fourth-order valence-electron chi connectivity index (χ4n) is 2.72. The quantitative estimate of drug-likeness (QED) is 0.567. The SMILES string of the molecule is COc1cc(OCC(=O)N[C@@H]2CCC[C@@H]2C(=O)O)ccc1[N+](=O)[O-]. The number of nitrogens with one attached hydrogen (secondary N) is 1. The summed E-state index contributed by atoms with van der Waals surface area (Å²) in [6.07, 6.45) is 1.91. The summed E-state index contributed by atoms with van der Waals surface area (Å²) in [5, 5.41) is 22.5. The van der Waals surface area contributed by atoms with Crippen LogP contribution in [0, 0.1) is 16.0 Å². The molecule has 9 heteroatoms. The molecule has 0 radical (unpaired) electrons. The Hall–Kier alpha value is -2.84. The summed E-state index contributed by atoms with van der Waals surface area (Å²) in [7, 11) is 1.30. The molecule has 2 N–H and O–H groups in total. The zero-order valence-electron chi connectivity index (χ0n) is 13.1. The zero-order chi connectivity index (χ0) is 17.7. The first-order valence-electron chi connectivity index (χ1n) is 7.39. The fraction of sp³-hybridized carbons (Fsp3) is 0.467. The number of ether oxygens (including phenoxy) is 2. The van der Waals surface area contributed by atoms with Crippen LogP contribution in [0.2, 0.25) is 0 Å². The van der Waals surface area contributed by atoms with Crippen LogP contribution >= 0.6 is 0 Å². The van der Waals surface area contributed by atoms with E-state index in [1.54, 1.807) is 0 Å². The molecule has 0 aliphatic heterocycles. The highest BCUT2D eigenvalue weighted by atomic mass is 16.6. The fourth-order valence-corrected chi connectivity index (χ4v) is 2.72. The van der Waals surface area contributed by atoms with Crippen LogP contribution in [-0.2, 0) is 9.59 Å². The maximum atomic E-state index is 11.9. The Morgan fingerprint density at radius 1 is 1.42 bits per heavy atom. The lowest BCUT2D eigenvalue weighted by Crippen LogP contribution is -2.42. The Balaban J connectivity index is 1.92. The number of carboxylic acids is 1. The average molecular weight is 338 g/mol. The number of carbonyl (C=O) groups is 2. The largest absolute Gasteiger partial charge is 0.490 e. The van der Waals surface area contributed by atoms with Gasteiger partial charge in [-0.1, -0.05) is 6.42 Å². The van der Waals surface area contributed by atoms with Crippen molar-refractivity contribution in [2.24, 2.45) is 5.92 Å². The number of rotatable bonds is 7. The van der Waals surface area contributed by atoms with Gasteiger partial charge in [-0.15, -0.1) is 0 Å². The number of benzene rings is 1. The van der Waals surface area contributed by atoms with Gasteiger partial charge in [-0.05, 0) is 18.9 Å². The van der Waals surface area contributed by atoms with Crippen LogP contribution in [0.4, 0.5) is 5.69 Å². The molecule has 1 aromatic carbocycles. The van der Waals surface area contributed by atoms with E-state index < -0.39 is 28.8 Å². The first-order chi connectivity index (χ1) is 11.4. The van der Waals surface area contributed by atoms with E-state index in [9.17, 15) is 19.7 Å². The number of hydrogen-bond acceptors (Lipinski definition) is 6. The molecular weight excluding hydrogens is 320 g/mol. The third kappa shape index (κ3) is 4.12. The van der Waals surface area contributed by atoms with E-state index in [0.29, 0.717) is 12.8 Å². The summed E-state index contributed by atoms with van der Waals surface area (Å²) in [6.45, 7) is -0.316. The van der Waals surface area contributed by atoms with Gasteiger partial charge >= 0.3 is 11.7 Å². The predicted molar refractivity (Wildman–Crippen MR) is 82.1 cm³/mol. The van der Waals surface area contributed by atoms with Gasteiger partial charge in [-0.25, -0.2) is 0 Å². The highest BCUT2D eigenvalue weighted by Crippen LogP contribution is 2.30. The van der Waals surface area contributed by atoms with Crippen LogP contribution in [-0.4, -0.2) is 41.7 Å². The van der Waals surface area contributed by atoms with E-state index in [0.717, 1.165) is 6.42 Å². The summed E-state index contributed by atoms with van der Waals surface area (Å²) in [5.41, 5.74) is -0.204. The van der Waals surface area contributed by atoms with Crippen molar-refractivity contribution < 1.29 is 29.1 Å². The van der Waals surface area contributed by atoms with Crippen molar-refractivity contribution in [2.75, 3.05) is 13.7 Å². The molecule has 0 spiro atoms. The van der Waals surface area contributed by atoms with Crippen molar-refractivity contribution in [3.8, 4) is 11.5 Å². The molecule has 0 unspecified atom stereocenters. The number of carboxylic acid groups (broad SMARTS) is 1. The Kier molecular flexibility index (Phi) is 5.56. The van der Waals surface area contributed by atoms with Crippen molar-refractivity contribution in [1.82, 2.24) is 5.32 Å². The van der Waals surface area contributed by atoms with E-state index >= 15 is 0 Å². The number of aliphatic carboxylic acids is 1. The lowest BCUT2D eigenvalue weighted by Gasteiger charge is -2.17. The molecule has 0 heterocycles. The van der Waals surface area contributed by atoms with Crippen molar-refractivity contribution in [1.29, 1.82) is 0 Å². The van der Waals surface area contributed by atoms with E-state index in [4.69, 9.17) is 14.6 Å². The van der Waals surface area contributed by atoms with Gasteiger partial charge in [0.25, 0.3) is 5.91 Å². The Bertz CT molecular complexity index is 647. The maximum absolute atomic E-state index is 11.9. The van der Waals surface area contributed by atoms with Crippen molar-refractivity contribution in [3.05, 3.63) is 28.3 Å². The number of amides is 1. The van der Waals surface area contributed by atoms with E-state index in [1.807, 2.05) is 0 Å². The minimum Gasteiger partial charge on any atom is -0.490 e. The molecule has 1 aromatic rings. The molecule has 1 aliphatic carbocycles. The summed E-state index contributed by atoms with van der Waals surface area (Å²) in [4.78, 5) is 33.2. The molecule has 2 atom stereocenters. The number of methoxy groups -OCH3 is 1. The number of carbonyl (C=O) groups excluding carboxylic acids is 1. The number of nitrogens with zero attached hydrogens (tertiary/aromatic N) is 1. The molecule has 1 aliphatic rings. The molecule has 24 heavy (non-hydrogen) atoms. The number of nitro benzene ring substituents is 1. The standard InChI is InChI=1S/C15H18N2O7/c1-23-13-7-9(5-6-12(13)17(21)22)24-8-14(18)16-11-4-2-3-10(11)15(19)20/h5-7,10-11H,2-4,8H2,1H3,(H,16,18)(H,19,20)/t10-,11+/m0/s1. The van der Waals surface area contributed by atoms with Crippen molar-refractivity contribution >= 4 is 17.6 Å². The highest BCUT2D eigenvalue weighted by Gasteiger charge is 2.33. The average Bonchev–Trinajstić information content (AvgIpc) is 3.00. The maximum Gasteiger partial charge on any atom is 0.311 e. The lowest BCUT2D eigenvalue weighted by atomic mass is 10.0. The van der Waals surface area contributed by atoms with Gasteiger partial charge in [0, 0.05) is 18.2 Å². The van der Waals surface area contributed by atoms with E-state index in [1.165, 1.54) is 25.3 Å². The zero-order valence-corrected chi connectivity index (χ0v) is 13.1. The summed E-state index contributed by atoms with van der Waals surface area (Å²) >= 11 is 0. The van der Waals surface area contributed by atoms with Gasteiger partial charge in [0.1, 0.15) is 5.75 Å². The Morgan fingerprint density at radius 2 is 2.17 bits per heavy atom. The Morgan fingerprint density at radius 3 is 2.79 bits per heavy atom. The molecule has 0 bridgehead atoms. The summed E-state index contributed by atoms with van der Waals surface area (Å²) < 4.78 is 10.2. The highest BCUT2D eigenvalue weighted by molar-refractivity contribution is 5.79. The van der Waals surface area contributed by atoms with Crippen LogP contribution in [0.5, 0.6) is 11.5 Å². The third-order valence-electron chi connectivity index (χ3n) is 3.90.